The topological polar surface area (TPSA) is 75.6 Å². The summed E-state index contributed by atoms with van der Waals surface area (Å²) in [6.45, 7) is 3.79. The lowest BCUT2D eigenvalue weighted by molar-refractivity contribution is -0.139. The minimum Gasteiger partial charge on any atom is -0.467 e. The van der Waals surface area contributed by atoms with Crippen LogP contribution in [0.15, 0.2) is 6.33 Å². The molecule has 1 fully saturated rings. The number of nitrogens with zero attached hydrogens (tertiary/aromatic N) is 4. The van der Waals surface area contributed by atoms with Gasteiger partial charge in [0.25, 0.3) is 5.91 Å². The number of hydrogen-bond donors (Lipinski definition) is 0. The van der Waals surface area contributed by atoms with Crippen molar-refractivity contribution >= 4 is 33.4 Å². The third-order valence-electron chi connectivity index (χ3n) is 5.13. The number of rotatable bonds is 3. The smallest absolute Gasteiger partial charge is 0.260 e. The molecule has 1 aliphatic heterocycles. The summed E-state index contributed by atoms with van der Waals surface area (Å²) in [5, 5.41) is 0.987. The Morgan fingerprint density at radius 3 is 2.62 bits per heavy atom. The van der Waals surface area contributed by atoms with Gasteiger partial charge in [0.15, 0.2) is 6.61 Å². The number of carbonyl (C=O) groups is 2. The second kappa shape index (κ2) is 7.19. The van der Waals surface area contributed by atoms with Gasteiger partial charge in [0.05, 0.1) is 5.39 Å². The summed E-state index contributed by atoms with van der Waals surface area (Å²) >= 11 is 1.72. The first-order valence-electron chi connectivity index (χ1n) is 9.05. The second-order valence-corrected chi connectivity index (χ2v) is 7.83. The van der Waals surface area contributed by atoms with Gasteiger partial charge in [0, 0.05) is 38.0 Å². The van der Waals surface area contributed by atoms with Gasteiger partial charge in [-0.3, -0.25) is 9.59 Å². The Kier molecular flexibility index (Phi) is 4.76. The SMILES string of the molecule is CC(=O)N1CCN(C(=O)COc2ncnc3sc4c(c23)CCCC4)CC1. The monoisotopic (exact) mass is 374 g/mol. The lowest BCUT2D eigenvalue weighted by Crippen LogP contribution is -2.51. The molecule has 3 heterocycles. The molecule has 7 nitrogen and oxygen atoms in total. The molecular formula is C18H22N4O3S. The van der Waals surface area contributed by atoms with Crippen molar-refractivity contribution in [3.63, 3.8) is 0 Å². The molecule has 1 aliphatic carbocycles. The van der Waals surface area contributed by atoms with E-state index in [1.54, 1.807) is 28.1 Å². The maximum absolute atomic E-state index is 12.5. The Bertz CT molecular complexity index is 842. The van der Waals surface area contributed by atoms with E-state index in [4.69, 9.17) is 4.74 Å². The number of aromatic nitrogens is 2. The highest BCUT2D eigenvalue weighted by atomic mass is 32.1. The van der Waals surface area contributed by atoms with Crippen LogP contribution in [0.4, 0.5) is 0 Å². The van der Waals surface area contributed by atoms with E-state index in [9.17, 15) is 9.59 Å². The zero-order valence-electron chi connectivity index (χ0n) is 14.9. The van der Waals surface area contributed by atoms with Crippen LogP contribution in [0.2, 0.25) is 0 Å². The van der Waals surface area contributed by atoms with E-state index < -0.39 is 0 Å². The van der Waals surface area contributed by atoms with Crippen molar-refractivity contribution in [3.05, 3.63) is 16.8 Å². The van der Waals surface area contributed by atoms with E-state index in [1.807, 2.05) is 0 Å². The Morgan fingerprint density at radius 2 is 1.85 bits per heavy atom. The van der Waals surface area contributed by atoms with Crippen LogP contribution >= 0.6 is 11.3 Å². The molecule has 2 aromatic rings. The summed E-state index contributed by atoms with van der Waals surface area (Å²) in [5.74, 6) is 0.508. The van der Waals surface area contributed by atoms with Crippen molar-refractivity contribution in [3.8, 4) is 5.88 Å². The van der Waals surface area contributed by atoms with Crippen LogP contribution in [-0.4, -0.2) is 64.4 Å². The van der Waals surface area contributed by atoms with Gasteiger partial charge < -0.3 is 14.5 Å². The fourth-order valence-corrected chi connectivity index (χ4v) is 4.88. The van der Waals surface area contributed by atoms with Crippen molar-refractivity contribution in [2.24, 2.45) is 0 Å². The molecule has 2 aliphatic rings. The third kappa shape index (κ3) is 3.25. The number of carbonyl (C=O) groups excluding carboxylic acids is 2. The van der Waals surface area contributed by atoms with Crippen molar-refractivity contribution in [2.45, 2.75) is 32.6 Å². The fraction of sp³-hybridized carbons (Fsp3) is 0.556. The Hall–Kier alpha value is -2.22. The second-order valence-electron chi connectivity index (χ2n) is 6.75. The maximum Gasteiger partial charge on any atom is 0.260 e. The van der Waals surface area contributed by atoms with Crippen molar-refractivity contribution in [1.29, 1.82) is 0 Å². The maximum atomic E-state index is 12.5. The number of aryl methyl sites for hydroxylation is 2. The van der Waals surface area contributed by atoms with E-state index in [1.165, 1.54) is 29.6 Å². The molecular weight excluding hydrogens is 352 g/mol. The number of thiophene rings is 1. The highest BCUT2D eigenvalue weighted by Gasteiger charge is 2.24. The van der Waals surface area contributed by atoms with Crippen molar-refractivity contribution < 1.29 is 14.3 Å². The highest BCUT2D eigenvalue weighted by Crippen LogP contribution is 2.38. The molecule has 0 unspecified atom stereocenters. The minimum absolute atomic E-state index is 0.0309. The van der Waals surface area contributed by atoms with Crippen LogP contribution in [-0.2, 0) is 22.4 Å². The Morgan fingerprint density at radius 1 is 1.12 bits per heavy atom. The molecule has 0 radical (unpaired) electrons. The molecule has 0 atom stereocenters. The van der Waals surface area contributed by atoms with Gasteiger partial charge in [-0.25, -0.2) is 9.97 Å². The summed E-state index contributed by atoms with van der Waals surface area (Å²) in [6.07, 6.45) is 6.02. The highest BCUT2D eigenvalue weighted by molar-refractivity contribution is 7.18. The van der Waals surface area contributed by atoms with Gasteiger partial charge in [-0.1, -0.05) is 0 Å². The lowest BCUT2D eigenvalue weighted by Gasteiger charge is -2.34. The molecule has 138 valence electrons. The number of hydrogen-bond acceptors (Lipinski definition) is 6. The van der Waals surface area contributed by atoms with E-state index in [0.717, 1.165) is 23.1 Å². The molecule has 8 heteroatoms. The molecule has 0 N–H and O–H groups in total. The molecule has 26 heavy (non-hydrogen) atoms. The molecule has 4 rings (SSSR count). The lowest BCUT2D eigenvalue weighted by atomic mass is 9.97. The predicted octanol–water partition coefficient (Wildman–Crippen LogP) is 1.64. The molecule has 0 spiro atoms. The third-order valence-corrected chi connectivity index (χ3v) is 6.33. The summed E-state index contributed by atoms with van der Waals surface area (Å²) in [4.78, 5) is 38.4. The molecule has 2 aromatic heterocycles. The molecule has 1 saturated heterocycles. The predicted molar refractivity (Wildman–Crippen MR) is 98.4 cm³/mol. The van der Waals surface area contributed by atoms with Gasteiger partial charge in [0.1, 0.15) is 11.2 Å². The summed E-state index contributed by atoms with van der Waals surface area (Å²) in [6, 6.07) is 0. The van der Waals surface area contributed by atoms with Crippen molar-refractivity contribution in [1.82, 2.24) is 19.8 Å². The standard InChI is InChI=1S/C18H22N4O3S/c1-12(23)21-6-8-22(9-7-21)15(24)10-25-17-16-13-4-2-3-5-14(13)26-18(16)20-11-19-17/h11H,2-10H2,1H3. The quantitative estimate of drug-likeness (QED) is 0.816. The first-order chi connectivity index (χ1) is 12.6. The van der Waals surface area contributed by atoms with Gasteiger partial charge in [-0.05, 0) is 31.2 Å². The van der Waals surface area contributed by atoms with E-state index in [2.05, 4.69) is 9.97 Å². The van der Waals surface area contributed by atoms with Crippen LogP contribution in [0.5, 0.6) is 5.88 Å². The molecule has 0 saturated carbocycles. The summed E-state index contributed by atoms with van der Waals surface area (Å²) < 4.78 is 5.82. The Balaban J connectivity index is 1.44. The molecule has 2 amide bonds. The minimum atomic E-state index is -0.0657. The van der Waals surface area contributed by atoms with Crippen LogP contribution in [0.25, 0.3) is 10.2 Å². The van der Waals surface area contributed by atoms with E-state index in [-0.39, 0.29) is 18.4 Å². The summed E-state index contributed by atoms with van der Waals surface area (Å²) in [7, 11) is 0. The molecule has 0 bridgehead atoms. The van der Waals surface area contributed by atoms with Crippen LogP contribution in [0.3, 0.4) is 0 Å². The van der Waals surface area contributed by atoms with Gasteiger partial charge in [0.2, 0.25) is 11.8 Å². The average Bonchev–Trinajstić information content (AvgIpc) is 3.05. The van der Waals surface area contributed by atoms with E-state index >= 15 is 0 Å². The average molecular weight is 374 g/mol. The Labute approximate surface area is 156 Å². The normalized spacial score (nSPS) is 17.3. The first-order valence-corrected chi connectivity index (χ1v) is 9.86. The fourth-order valence-electron chi connectivity index (χ4n) is 3.66. The largest absolute Gasteiger partial charge is 0.467 e. The molecule has 0 aromatic carbocycles. The van der Waals surface area contributed by atoms with Crippen molar-refractivity contribution in [2.75, 3.05) is 32.8 Å². The van der Waals surface area contributed by atoms with Gasteiger partial charge >= 0.3 is 0 Å². The van der Waals surface area contributed by atoms with Crippen LogP contribution in [0, 0.1) is 0 Å². The first kappa shape index (κ1) is 17.2. The number of fused-ring (bicyclic) bond motifs is 3. The zero-order chi connectivity index (χ0) is 18.1. The van der Waals surface area contributed by atoms with Crippen LogP contribution in [0.1, 0.15) is 30.2 Å². The van der Waals surface area contributed by atoms with Gasteiger partial charge in [-0.2, -0.15) is 0 Å². The number of ether oxygens (including phenoxy) is 1. The number of amides is 2. The van der Waals surface area contributed by atoms with Crippen LogP contribution < -0.4 is 4.74 Å². The van der Waals surface area contributed by atoms with Gasteiger partial charge in [-0.15, -0.1) is 11.3 Å². The number of piperazine rings is 1. The van der Waals surface area contributed by atoms with E-state index in [0.29, 0.717) is 32.1 Å². The summed E-state index contributed by atoms with van der Waals surface area (Å²) in [5.41, 5.74) is 1.30. The zero-order valence-corrected chi connectivity index (χ0v) is 15.7.